The van der Waals surface area contributed by atoms with Gasteiger partial charge in [-0.25, -0.2) is 0 Å². The van der Waals surface area contributed by atoms with Crippen LogP contribution in [0.3, 0.4) is 0 Å². The lowest BCUT2D eigenvalue weighted by molar-refractivity contribution is 0.795. The fourth-order valence-corrected chi connectivity index (χ4v) is 1.82. The maximum absolute atomic E-state index is 5.73. The molecule has 1 heterocycles. The number of nitrogens with zero attached hydrogens (tertiary/aromatic N) is 2. The smallest absolute Gasteiger partial charge is 0.153 e. The minimum Gasteiger partial charge on any atom is -0.382 e. The molecule has 0 bridgehead atoms. The van der Waals surface area contributed by atoms with E-state index in [1.807, 2.05) is 26.1 Å². The Bertz CT molecular complexity index is 473. The van der Waals surface area contributed by atoms with Gasteiger partial charge in [0.25, 0.3) is 0 Å². The first-order valence-electron chi connectivity index (χ1n) is 4.02. The molecule has 68 valence electrons. The van der Waals surface area contributed by atoms with Crippen LogP contribution >= 0.6 is 12.6 Å². The number of hydrogen-bond donors (Lipinski definition) is 2. The molecule has 2 aromatic rings. The highest BCUT2D eigenvalue weighted by Gasteiger charge is 2.09. The molecule has 0 aliphatic heterocycles. The van der Waals surface area contributed by atoms with E-state index in [0.29, 0.717) is 5.82 Å². The number of aryl methyl sites for hydroxylation is 2. The highest BCUT2D eigenvalue weighted by Crippen LogP contribution is 2.28. The zero-order valence-electron chi connectivity index (χ0n) is 7.57. The Labute approximate surface area is 81.9 Å². The molecule has 1 aromatic carbocycles. The average Bonchev–Trinajstić information content (AvgIpc) is 2.35. The number of aromatic nitrogens is 2. The zero-order chi connectivity index (χ0) is 9.59. The van der Waals surface area contributed by atoms with Gasteiger partial charge in [0, 0.05) is 17.3 Å². The number of nitrogens with two attached hydrogens (primary N) is 1. The number of rotatable bonds is 0. The zero-order valence-corrected chi connectivity index (χ0v) is 8.47. The van der Waals surface area contributed by atoms with Crippen LogP contribution in [0.1, 0.15) is 5.56 Å². The molecule has 0 radical (unpaired) electrons. The molecular formula is C9H11N3S. The van der Waals surface area contributed by atoms with Crippen LogP contribution in [0.2, 0.25) is 0 Å². The van der Waals surface area contributed by atoms with Crippen LogP contribution in [-0.2, 0) is 7.05 Å². The predicted octanol–water partition coefficient (Wildman–Crippen LogP) is 1.75. The van der Waals surface area contributed by atoms with Crippen molar-refractivity contribution in [2.45, 2.75) is 11.8 Å². The average molecular weight is 193 g/mol. The molecule has 0 aliphatic carbocycles. The summed E-state index contributed by atoms with van der Waals surface area (Å²) in [7, 11) is 1.87. The number of anilines is 1. The first kappa shape index (κ1) is 8.44. The van der Waals surface area contributed by atoms with Crippen molar-refractivity contribution in [2.75, 3.05) is 5.73 Å². The molecule has 0 spiro atoms. The van der Waals surface area contributed by atoms with Gasteiger partial charge in [-0.15, -0.1) is 12.6 Å². The second kappa shape index (κ2) is 2.67. The molecule has 0 saturated heterocycles. The summed E-state index contributed by atoms with van der Waals surface area (Å²) in [5.74, 6) is 0.563. The molecule has 2 N–H and O–H groups in total. The fraction of sp³-hybridized carbons (Fsp3) is 0.222. The summed E-state index contributed by atoms with van der Waals surface area (Å²) in [5.41, 5.74) is 7.87. The van der Waals surface area contributed by atoms with Gasteiger partial charge in [-0.2, -0.15) is 5.10 Å². The van der Waals surface area contributed by atoms with E-state index in [0.717, 1.165) is 21.4 Å². The van der Waals surface area contributed by atoms with Gasteiger partial charge in [0.15, 0.2) is 5.82 Å². The van der Waals surface area contributed by atoms with E-state index < -0.39 is 0 Å². The third-order valence-corrected chi connectivity index (χ3v) is 2.77. The molecule has 1 aromatic heterocycles. The topological polar surface area (TPSA) is 43.8 Å². The molecule has 4 heteroatoms. The minimum absolute atomic E-state index is 0.563. The fourth-order valence-electron chi connectivity index (χ4n) is 1.48. The Kier molecular flexibility index (Phi) is 1.73. The van der Waals surface area contributed by atoms with Gasteiger partial charge in [-0.05, 0) is 18.6 Å². The van der Waals surface area contributed by atoms with E-state index in [2.05, 4.69) is 17.7 Å². The lowest BCUT2D eigenvalue weighted by Gasteiger charge is -2.01. The van der Waals surface area contributed by atoms with Gasteiger partial charge >= 0.3 is 0 Å². The monoisotopic (exact) mass is 193 g/mol. The Morgan fingerprint density at radius 2 is 2.15 bits per heavy atom. The van der Waals surface area contributed by atoms with Crippen LogP contribution in [0.4, 0.5) is 5.82 Å². The minimum atomic E-state index is 0.563. The third-order valence-electron chi connectivity index (χ3n) is 2.21. The highest BCUT2D eigenvalue weighted by atomic mass is 32.1. The van der Waals surface area contributed by atoms with Gasteiger partial charge in [-0.1, -0.05) is 6.07 Å². The van der Waals surface area contributed by atoms with E-state index in [9.17, 15) is 0 Å². The Balaban J connectivity index is 2.98. The van der Waals surface area contributed by atoms with E-state index in [1.165, 1.54) is 0 Å². The van der Waals surface area contributed by atoms with Gasteiger partial charge < -0.3 is 5.73 Å². The molecule has 13 heavy (non-hydrogen) atoms. The maximum atomic E-state index is 5.73. The summed E-state index contributed by atoms with van der Waals surface area (Å²) < 4.78 is 1.76. The molecule has 3 nitrogen and oxygen atoms in total. The standard InChI is InChI=1S/C9H11N3S/c1-5-3-4-6-7(8(5)13)12(2)11-9(6)10/h3-4,13H,1-2H3,(H2,10,11). The van der Waals surface area contributed by atoms with Crippen LogP contribution in [0, 0.1) is 6.92 Å². The lowest BCUT2D eigenvalue weighted by atomic mass is 10.2. The first-order valence-corrected chi connectivity index (χ1v) is 4.46. The number of benzene rings is 1. The Morgan fingerprint density at radius 1 is 1.46 bits per heavy atom. The second-order valence-corrected chi connectivity index (χ2v) is 3.58. The molecule has 2 rings (SSSR count). The number of thiol groups is 1. The normalized spacial score (nSPS) is 11.0. The molecular weight excluding hydrogens is 182 g/mol. The van der Waals surface area contributed by atoms with Crippen molar-refractivity contribution in [1.82, 2.24) is 9.78 Å². The number of fused-ring (bicyclic) bond motifs is 1. The van der Waals surface area contributed by atoms with Crippen molar-refractivity contribution in [3.05, 3.63) is 17.7 Å². The quantitative estimate of drug-likeness (QED) is 0.626. The van der Waals surface area contributed by atoms with Crippen molar-refractivity contribution < 1.29 is 0 Å². The van der Waals surface area contributed by atoms with Crippen molar-refractivity contribution in [2.24, 2.45) is 7.05 Å². The van der Waals surface area contributed by atoms with Crippen LogP contribution in [0.15, 0.2) is 17.0 Å². The Hall–Kier alpha value is -1.16. The molecule has 0 aliphatic rings. The van der Waals surface area contributed by atoms with Crippen LogP contribution < -0.4 is 5.73 Å². The van der Waals surface area contributed by atoms with Crippen molar-refractivity contribution >= 4 is 29.3 Å². The number of nitrogen functional groups attached to an aromatic ring is 1. The summed E-state index contributed by atoms with van der Waals surface area (Å²) in [6.45, 7) is 2.02. The summed E-state index contributed by atoms with van der Waals surface area (Å²) in [4.78, 5) is 0.948. The molecule has 0 amide bonds. The van der Waals surface area contributed by atoms with E-state index in [4.69, 9.17) is 5.73 Å². The molecule has 0 atom stereocenters. The summed E-state index contributed by atoms with van der Waals surface area (Å²) in [6.07, 6.45) is 0. The van der Waals surface area contributed by atoms with E-state index >= 15 is 0 Å². The van der Waals surface area contributed by atoms with Gasteiger partial charge in [-0.3, -0.25) is 4.68 Å². The van der Waals surface area contributed by atoms with Crippen molar-refractivity contribution in [3.8, 4) is 0 Å². The van der Waals surface area contributed by atoms with Crippen molar-refractivity contribution in [1.29, 1.82) is 0 Å². The Morgan fingerprint density at radius 3 is 2.85 bits per heavy atom. The molecule has 0 unspecified atom stereocenters. The largest absolute Gasteiger partial charge is 0.382 e. The van der Waals surface area contributed by atoms with Gasteiger partial charge in [0.2, 0.25) is 0 Å². The van der Waals surface area contributed by atoms with Crippen LogP contribution in [-0.4, -0.2) is 9.78 Å². The third kappa shape index (κ3) is 1.09. The summed E-state index contributed by atoms with van der Waals surface area (Å²) in [5, 5.41) is 5.11. The summed E-state index contributed by atoms with van der Waals surface area (Å²) in [6, 6.07) is 3.98. The maximum Gasteiger partial charge on any atom is 0.153 e. The van der Waals surface area contributed by atoms with Gasteiger partial charge in [0.05, 0.1) is 5.52 Å². The van der Waals surface area contributed by atoms with Gasteiger partial charge in [0.1, 0.15) is 0 Å². The van der Waals surface area contributed by atoms with E-state index in [1.54, 1.807) is 4.68 Å². The highest BCUT2D eigenvalue weighted by molar-refractivity contribution is 7.80. The van der Waals surface area contributed by atoms with E-state index in [-0.39, 0.29) is 0 Å². The SMILES string of the molecule is Cc1ccc2c(N)nn(C)c2c1S. The van der Waals surface area contributed by atoms with Crippen molar-refractivity contribution in [3.63, 3.8) is 0 Å². The molecule has 0 fully saturated rings. The first-order chi connectivity index (χ1) is 6.11. The molecule has 0 saturated carbocycles. The lowest BCUT2D eigenvalue weighted by Crippen LogP contribution is -1.92. The number of hydrogen-bond acceptors (Lipinski definition) is 3. The summed E-state index contributed by atoms with van der Waals surface area (Å²) >= 11 is 4.43. The van der Waals surface area contributed by atoms with Crippen LogP contribution in [0.25, 0.3) is 10.9 Å². The van der Waals surface area contributed by atoms with Crippen LogP contribution in [0.5, 0.6) is 0 Å². The predicted molar refractivity (Wildman–Crippen MR) is 57.1 cm³/mol. The second-order valence-electron chi connectivity index (χ2n) is 3.14.